The maximum Gasteiger partial charge on any atom is 0.310 e. The second-order valence-electron chi connectivity index (χ2n) is 9.91. The molecule has 3 rings (SSSR count). The molecule has 0 unspecified atom stereocenters. The van der Waals surface area contributed by atoms with Gasteiger partial charge in [-0.1, -0.05) is 20.8 Å². The molecule has 0 bridgehead atoms. The molecule has 1 aliphatic heterocycles. The number of ether oxygens (including phenoxy) is 2. The summed E-state index contributed by atoms with van der Waals surface area (Å²) in [6, 6.07) is 6.55. The summed E-state index contributed by atoms with van der Waals surface area (Å²) >= 11 is 0. The first-order valence-corrected chi connectivity index (χ1v) is 12.3. The highest BCUT2D eigenvalue weighted by atomic mass is 16.5. The topological polar surface area (TPSA) is 129 Å². The first-order chi connectivity index (χ1) is 17.4. The van der Waals surface area contributed by atoms with Gasteiger partial charge in [-0.2, -0.15) is 0 Å². The summed E-state index contributed by atoms with van der Waals surface area (Å²) in [7, 11) is 1.53. The van der Waals surface area contributed by atoms with Crippen LogP contribution in [-0.2, 0) is 27.9 Å². The van der Waals surface area contributed by atoms with Crippen molar-refractivity contribution in [2.24, 2.45) is 0 Å². The van der Waals surface area contributed by atoms with Crippen LogP contribution in [-0.4, -0.2) is 60.3 Å². The Balaban J connectivity index is 1.92. The minimum absolute atomic E-state index is 0.0244. The van der Waals surface area contributed by atoms with Crippen LogP contribution < -0.4 is 10.1 Å². The summed E-state index contributed by atoms with van der Waals surface area (Å²) in [5.74, 6) is -0.525. The van der Waals surface area contributed by atoms with Crippen LogP contribution in [0.15, 0.2) is 24.3 Å². The predicted molar refractivity (Wildman–Crippen MR) is 140 cm³/mol. The first-order valence-electron chi connectivity index (χ1n) is 12.3. The molecule has 1 heterocycles. The fourth-order valence-corrected chi connectivity index (χ4v) is 4.34. The van der Waals surface area contributed by atoms with Crippen molar-refractivity contribution < 1.29 is 29.0 Å². The number of nitrogens with one attached hydrogen (secondary N) is 2. The van der Waals surface area contributed by atoms with E-state index in [-0.39, 0.29) is 42.8 Å². The number of nitrogens with zero attached hydrogens (tertiary/aromatic N) is 1. The van der Waals surface area contributed by atoms with E-state index in [2.05, 4.69) is 5.32 Å². The lowest BCUT2D eigenvalue weighted by atomic mass is 9.83. The highest BCUT2D eigenvalue weighted by molar-refractivity contribution is 6.07. The maximum absolute atomic E-state index is 13.4. The number of phenolic OH excluding ortho intramolecular Hbond substituents is 1. The second kappa shape index (κ2) is 11.0. The Hall–Kier alpha value is -3.88. The van der Waals surface area contributed by atoms with E-state index in [0.717, 1.165) is 5.56 Å². The van der Waals surface area contributed by atoms with Crippen LogP contribution in [0.5, 0.6) is 11.5 Å². The highest BCUT2D eigenvalue weighted by Gasteiger charge is 2.30. The summed E-state index contributed by atoms with van der Waals surface area (Å²) in [6.45, 7) is 10.1. The second-order valence-corrected chi connectivity index (χ2v) is 9.91. The molecule has 1 amide bonds. The largest absolute Gasteiger partial charge is 0.507 e. The first kappa shape index (κ1) is 27.7. The Morgan fingerprint density at radius 2 is 1.81 bits per heavy atom. The van der Waals surface area contributed by atoms with E-state index in [4.69, 9.17) is 14.9 Å². The van der Waals surface area contributed by atoms with Gasteiger partial charge in [0.25, 0.3) is 5.91 Å². The third-order valence-electron chi connectivity index (χ3n) is 6.20. The Morgan fingerprint density at radius 3 is 2.41 bits per heavy atom. The van der Waals surface area contributed by atoms with Gasteiger partial charge in [0.05, 0.1) is 31.7 Å². The number of carbonyl (C=O) groups is 3. The van der Waals surface area contributed by atoms with E-state index in [1.807, 2.05) is 27.7 Å². The zero-order valence-electron chi connectivity index (χ0n) is 22.3. The van der Waals surface area contributed by atoms with E-state index < -0.39 is 11.4 Å². The van der Waals surface area contributed by atoms with Gasteiger partial charge in [0.15, 0.2) is 5.78 Å². The molecule has 9 heteroatoms. The molecule has 0 atom stereocenters. The Labute approximate surface area is 217 Å². The number of ketones is 1. The number of carbonyl (C=O) groups excluding carboxylic acids is 3. The van der Waals surface area contributed by atoms with Gasteiger partial charge in [-0.15, -0.1) is 0 Å². The van der Waals surface area contributed by atoms with Gasteiger partial charge in [-0.05, 0) is 49.1 Å². The monoisotopic (exact) mass is 509 g/mol. The zero-order chi connectivity index (χ0) is 27.5. The standard InChI is InChI=1S/C28H35N3O6/c1-7-36-23-11-18-14-31(26(29)19(18)13-20(23)27(35)30-6)15-22(32)16-9-17(12-24(33)37-8-2)25(34)21(10-16)28(3,4)5/h9-11,13,29,34H,7-8,12,14-15H2,1-6H3,(H,30,35). The van der Waals surface area contributed by atoms with E-state index >= 15 is 0 Å². The summed E-state index contributed by atoms with van der Waals surface area (Å²) in [5.41, 5.74) is 2.42. The van der Waals surface area contributed by atoms with Crippen molar-refractivity contribution in [3.8, 4) is 11.5 Å². The van der Waals surface area contributed by atoms with Crippen molar-refractivity contribution in [2.75, 3.05) is 26.8 Å². The maximum atomic E-state index is 13.4. The van der Waals surface area contributed by atoms with Crippen LogP contribution in [0.1, 0.15) is 77.6 Å². The molecule has 0 fully saturated rings. The summed E-state index contributed by atoms with van der Waals surface area (Å²) < 4.78 is 10.7. The number of amidine groups is 1. The molecule has 0 radical (unpaired) electrons. The molecule has 0 aliphatic carbocycles. The van der Waals surface area contributed by atoms with Crippen LogP contribution in [0.25, 0.3) is 0 Å². The minimum Gasteiger partial charge on any atom is -0.507 e. The molecule has 2 aromatic carbocycles. The van der Waals surface area contributed by atoms with Crippen molar-refractivity contribution in [1.29, 1.82) is 5.41 Å². The SMILES string of the molecule is CCOC(=O)Cc1cc(C(=O)CN2Cc3cc(OCC)c(C(=O)NC)cc3C2=N)cc(C(C)(C)C)c1O. The lowest BCUT2D eigenvalue weighted by molar-refractivity contribution is -0.142. The molecule has 9 nitrogen and oxygen atoms in total. The molecule has 0 spiro atoms. The number of hydrogen-bond acceptors (Lipinski definition) is 7. The van der Waals surface area contributed by atoms with E-state index in [1.54, 1.807) is 30.0 Å². The van der Waals surface area contributed by atoms with Crippen molar-refractivity contribution in [2.45, 2.75) is 53.0 Å². The number of fused-ring (bicyclic) bond motifs is 1. The predicted octanol–water partition coefficient (Wildman–Crippen LogP) is 3.58. The van der Waals surface area contributed by atoms with E-state index in [9.17, 15) is 19.5 Å². The smallest absolute Gasteiger partial charge is 0.310 e. The van der Waals surface area contributed by atoms with Crippen molar-refractivity contribution in [3.05, 3.63) is 57.6 Å². The lowest BCUT2D eigenvalue weighted by Gasteiger charge is -2.24. The Kier molecular flexibility index (Phi) is 8.25. The molecular weight excluding hydrogens is 474 g/mol. The number of rotatable bonds is 9. The summed E-state index contributed by atoms with van der Waals surface area (Å²) in [4.78, 5) is 39.5. The van der Waals surface area contributed by atoms with Crippen molar-refractivity contribution in [3.63, 3.8) is 0 Å². The van der Waals surface area contributed by atoms with Crippen LogP contribution in [0.4, 0.5) is 0 Å². The number of hydrogen-bond donors (Lipinski definition) is 3. The molecule has 37 heavy (non-hydrogen) atoms. The number of aromatic hydroxyl groups is 1. The third-order valence-corrected chi connectivity index (χ3v) is 6.20. The number of phenols is 1. The summed E-state index contributed by atoms with van der Waals surface area (Å²) in [5, 5.41) is 22.1. The molecule has 0 saturated carbocycles. The van der Waals surface area contributed by atoms with Crippen molar-refractivity contribution in [1.82, 2.24) is 10.2 Å². The molecule has 198 valence electrons. The van der Waals surface area contributed by atoms with Gasteiger partial charge >= 0.3 is 5.97 Å². The Morgan fingerprint density at radius 1 is 1.11 bits per heavy atom. The number of Topliss-reactive ketones (excluding diaryl/α,β-unsaturated/α-hetero) is 1. The van der Waals surface area contributed by atoms with Crippen LogP contribution >= 0.6 is 0 Å². The number of esters is 1. The third kappa shape index (κ3) is 5.93. The Bertz CT molecular complexity index is 1250. The fourth-order valence-electron chi connectivity index (χ4n) is 4.34. The molecular formula is C28H35N3O6. The van der Waals surface area contributed by atoms with Gasteiger partial charge < -0.3 is 24.8 Å². The van der Waals surface area contributed by atoms with Gasteiger partial charge in [-0.25, -0.2) is 0 Å². The van der Waals surface area contributed by atoms with Gasteiger partial charge in [0, 0.05) is 35.8 Å². The van der Waals surface area contributed by atoms with E-state index in [1.165, 1.54) is 13.1 Å². The average molecular weight is 510 g/mol. The van der Waals surface area contributed by atoms with Crippen LogP contribution in [0.2, 0.25) is 0 Å². The van der Waals surface area contributed by atoms with E-state index in [0.29, 0.717) is 46.7 Å². The van der Waals surface area contributed by atoms with Gasteiger partial charge in [0.1, 0.15) is 17.3 Å². The average Bonchev–Trinajstić information content (AvgIpc) is 3.12. The lowest BCUT2D eigenvalue weighted by Crippen LogP contribution is -2.30. The molecule has 2 aromatic rings. The van der Waals surface area contributed by atoms with Crippen molar-refractivity contribution >= 4 is 23.5 Å². The number of benzene rings is 2. The molecule has 3 N–H and O–H groups in total. The highest BCUT2D eigenvalue weighted by Crippen LogP contribution is 2.36. The van der Waals surface area contributed by atoms with Crippen LogP contribution in [0, 0.1) is 5.41 Å². The van der Waals surface area contributed by atoms with Gasteiger partial charge in [0.2, 0.25) is 0 Å². The zero-order valence-corrected chi connectivity index (χ0v) is 22.3. The fraction of sp³-hybridized carbons (Fsp3) is 0.429. The minimum atomic E-state index is -0.490. The van der Waals surface area contributed by atoms with Crippen LogP contribution in [0.3, 0.4) is 0 Å². The quantitative estimate of drug-likeness (QED) is 0.348. The normalized spacial score (nSPS) is 12.8. The van der Waals surface area contributed by atoms with Gasteiger partial charge in [-0.3, -0.25) is 19.8 Å². The molecule has 1 aliphatic rings. The summed E-state index contributed by atoms with van der Waals surface area (Å²) in [6.07, 6.45) is -0.155. The number of amides is 1. The molecule has 0 aromatic heterocycles. The molecule has 0 saturated heterocycles.